The normalized spacial score (nSPS) is 16.2. The number of amides is 1. The van der Waals surface area contributed by atoms with Crippen LogP contribution in [0.2, 0.25) is 0 Å². The molecule has 0 fully saturated rings. The average Bonchev–Trinajstić information content (AvgIpc) is 3.09. The van der Waals surface area contributed by atoms with E-state index in [1.54, 1.807) is 35.0 Å². The number of anilines is 1. The first-order chi connectivity index (χ1) is 15.4. The molecule has 0 aliphatic carbocycles. The fourth-order valence-electron chi connectivity index (χ4n) is 3.97. The summed E-state index contributed by atoms with van der Waals surface area (Å²) in [7, 11) is 0. The maximum atomic E-state index is 13.2. The lowest BCUT2D eigenvalue weighted by molar-refractivity contribution is -0.117. The van der Waals surface area contributed by atoms with Crippen LogP contribution in [0.3, 0.4) is 0 Å². The molecule has 4 nitrogen and oxygen atoms in total. The molecule has 1 aliphatic heterocycles. The number of aliphatic hydroxyl groups is 1. The molecule has 1 aromatic heterocycles. The lowest BCUT2D eigenvalue weighted by Gasteiger charge is -2.27. The molecule has 1 amide bonds. The van der Waals surface area contributed by atoms with Gasteiger partial charge in [-0.2, -0.15) is 0 Å². The highest BCUT2D eigenvalue weighted by atomic mass is 32.2. The second-order valence-electron chi connectivity index (χ2n) is 8.06. The number of nitrogens with zero attached hydrogens (tertiary/aromatic N) is 2. The zero-order chi connectivity index (χ0) is 22.8. The summed E-state index contributed by atoms with van der Waals surface area (Å²) in [6.45, 7) is 8.56. The minimum absolute atomic E-state index is 0.285. The first kappa shape index (κ1) is 21.9. The molecule has 2 aromatic carbocycles. The van der Waals surface area contributed by atoms with Crippen molar-refractivity contribution in [3.8, 4) is 0 Å². The summed E-state index contributed by atoms with van der Waals surface area (Å²) >= 11 is 1.66. The molecule has 162 valence electrons. The van der Waals surface area contributed by atoms with Crippen molar-refractivity contribution < 1.29 is 9.90 Å². The summed E-state index contributed by atoms with van der Waals surface area (Å²) in [6, 6.07) is 21.1. The highest BCUT2D eigenvalue weighted by molar-refractivity contribution is 7.98. The standard InChI is InChI=1S/C27H26N2O2S/c1-17(2)19-8-10-21(11-9-19)25-24(18(3)20-12-14-22(32-4)15-13-20)26(30)27(31)29(25)23-7-5-6-16-28-23/h5-17,25,30H,3H2,1-2,4H3. The van der Waals surface area contributed by atoms with E-state index in [0.717, 1.165) is 16.0 Å². The van der Waals surface area contributed by atoms with Crippen LogP contribution in [-0.2, 0) is 4.79 Å². The summed E-state index contributed by atoms with van der Waals surface area (Å²) in [6.07, 6.45) is 3.67. The third-order valence-electron chi connectivity index (χ3n) is 5.79. The summed E-state index contributed by atoms with van der Waals surface area (Å²) in [5.74, 6) is 0.128. The quantitative estimate of drug-likeness (QED) is 0.440. The third kappa shape index (κ3) is 3.96. The van der Waals surface area contributed by atoms with Crippen LogP contribution in [0.1, 0.15) is 42.5 Å². The first-order valence-electron chi connectivity index (χ1n) is 10.5. The Morgan fingerprint density at radius 3 is 2.31 bits per heavy atom. The monoisotopic (exact) mass is 442 g/mol. The van der Waals surface area contributed by atoms with E-state index in [-0.39, 0.29) is 5.76 Å². The van der Waals surface area contributed by atoms with E-state index in [2.05, 4.69) is 37.5 Å². The molecule has 5 heteroatoms. The number of benzene rings is 2. The van der Waals surface area contributed by atoms with Gasteiger partial charge in [-0.25, -0.2) is 4.98 Å². The highest BCUT2D eigenvalue weighted by Gasteiger charge is 2.43. The SMILES string of the molecule is C=C(C1=C(O)C(=O)N(c2ccccn2)C1c1ccc(C(C)C)cc1)c1ccc(SC)cc1. The lowest BCUT2D eigenvalue weighted by Crippen LogP contribution is -2.31. The number of pyridine rings is 1. The van der Waals surface area contributed by atoms with Crippen molar-refractivity contribution in [2.75, 3.05) is 11.2 Å². The minimum Gasteiger partial charge on any atom is -0.503 e. The van der Waals surface area contributed by atoms with Gasteiger partial charge < -0.3 is 5.11 Å². The van der Waals surface area contributed by atoms with Gasteiger partial charge in [0.05, 0.1) is 6.04 Å². The molecule has 1 aliphatic rings. The molecule has 0 saturated carbocycles. The van der Waals surface area contributed by atoms with Crippen LogP contribution < -0.4 is 4.90 Å². The van der Waals surface area contributed by atoms with Gasteiger partial charge in [0.2, 0.25) is 0 Å². The van der Waals surface area contributed by atoms with E-state index in [1.807, 2.05) is 48.7 Å². The van der Waals surface area contributed by atoms with Gasteiger partial charge in [0, 0.05) is 16.7 Å². The van der Waals surface area contributed by atoms with Gasteiger partial charge in [-0.3, -0.25) is 9.69 Å². The zero-order valence-corrected chi connectivity index (χ0v) is 19.3. The Labute approximate surface area is 193 Å². The number of hydrogen-bond donors (Lipinski definition) is 1. The molecule has 1 N–H and O–H groups in total. The maximum absolute atomic E-state index is 13.2. The smallest absolute Gasteiger partial charge is 0.295 e. The van der Waals surface area contributed by atoms with Gasteiger partial charge in [-0.05, 0) is 58.7 Å². The number of rotatable bonds is 6. The number of aliphatic hydroxyl groups excluding tert-OH is 1. The van der Waals surface area contributed by atoms with Gasteiger partial charge in [-0.15, -0.1) is 11.8 Å². The lowest BCUT2D eigenvalue weighted by atomic mass is 9.89. The molecule has 0 spiro atoms. The summed E-state index contributed by atoms with van der Waals surface area (Å²) < 4.78 is 0. The molecule has 32 heavy (non-hydrogen) atoms. The van der Waals surface area contributed by atoms with E-state index >= 15 is 0 Å². The predicted octanol–water partition coefficient (Wildman–Crippen LogP) is 6.54. The zero-order valence-electron chi connectivity index (χ0n) is 18.4. The Balaban J connectivity index is 1.83. The molecule has 3 aromatic rings. The van der Waals surface area contributed by atoms with Crippen LogP contribution in [0.15, 0.2) is 95.7 Å². The van der Waals surface area contributed by atoms with Crippen molar-refractivity contribution in [2.45, 2.75) is 30.7 Å². The summed E-state index contributed by atoms with van der Waals surface area (Å²) in [4.78, 5) is 20.3. The largest absolute Gasteiger partial charge is 0.503 e. The Bertz CT molecular complexity index is 1170. The molecule has 2 heterocycles. The van der Waals surface area contributed by atoms with Crippen LogP contribution in [0.4, 0.5) is 5.82 Å². The van der Waals surface area contributed by atoms with Crippen molar-refractivity contribution in [1.29, 1.82) is 0 Å². The summed E-state index contributed by atoms with van der Waals surface area (Å²) in [5.41, 5.74) is 4.11. The first-order valence-corrected chi connectivity index (χ1v) is 11.8. The minimum atomic E-state index is -0.522. The number of thioether (sulfide) groups is 1. The van der Waals surface area contributed by atoms with Gasteiger partial charge in [0.1, 0.15) is 5.82 Å². The molecule has 0 radical (unpaired) electrons. The van der Waals surface area contributed by atoms with E-state index < -0.39 is 11.9 Å². The third-order valence-corrected chi connectivity index (χ3v) is 6.53. The molecule has 0 bridgehead atoms. The van der Waals surface area contributed by atoms with Gasteiger partial charge in [0.25, 0.3) is 5.91 Å². The number of aromatic nitrogens is 1. The molecular formula is C27H26N2O2S. The highest BCUT2D eigenvalue weighted by Crippen LogP contribution is 2.45. The Kier molecular flexibility index (Phi) is 6.19. The van der Waals surface area contributed by atoms with Crippen molar-refractivity contribution in [3.05, 3.63) is 108 Å². The van der Waals surface area contributed by atoms with E-state index in [1.165, 1.54) is 5.56 Å². The second-order valence-corrected chi connectivity index (χ2v) is 8.94. The van der Waals surface area contributed by atoms with Crippen LogP contribution in [0, 0.1) is 0 Å². The second kappa shape index (κ2) is 9.05. The van der Waals surface area contributed by atoms with Gasteiger partial charge in [0.15, 0.2) is 5.76 Å². The van der Waals surface area contributed by atoms with E-state index in [9.17, 15) is 9.90 Å². The fraction of sp³-hybridized carbons (Fsp3) is 0.185. The van der Waals surface area contributed by atoms with Crippen LogP contribution in [0.25, 0.3) is 5.57 Å². The molecule has 1 atom stereocenters. The molecule has 1 unspecified atom stereocenters. The maximum Gasteiger partial charge on any atom is 0.295 e. The van der Waals surface area contributed by atoms with Crippen molar-refractivity contribution >= 4 is 29.1 Å². The summed E-state index contributed by atoms with van der Waals surface area (Å²) in [5, 5.41) is 11.0. The van der Waals surface area contributed by atoms with Gasteiger partial charge in [-0.1, -0.05) is 62.9 Å². The van der Waals surface area contributed by atoms with Crippen molar-refractivity contribution in [2.24, 2.45) is 0 Å². The fourth-order valence-corrected chi connectivity index (χ4v) is 4.38. The van der Waals surface area contributed by atoms with Crippen molar-refractivity contribution in [1.82, 2.24) is 4.98 Å². The van der Waals surface area contributed by atoms with Crippen LogP contribution in [0.5, 0.6) is 0 Å². The average molecular weight is 443 g/mol. The van der Waals surface area contributed by atoms with Crippen LogP contribution in [-0.4, -0.2) is 22.3 Å². The number of carbonyl (C=O) groups excluding carboxylic acids is 1. The predicted molar refractivity (Wildman–Crippen MR) is 132 cm³/mol. The van der Waals surface area contributed by atoms with E-state index in [0.29, 0.717) is 22.9 Å². The number of carbonyl (C=O) groups is 1. The molecular weight excluding hydrogens is 416 g/mol. The molecule has 4 rings (SSSR count). The van der Waals surface area contributed by atoms with E-state index in [4.69, 9.17) is 0 Å². The Hall–Kier alpha value is -3.31. The van der Waals surface area contributed by atoms with Crippen molar-refractivity contribution in [3.63, 3.8) is 0 Å². The Morgan fingerprint density at radius 2 is 1.75 bits per heavy atom. The number of hydrogen-bond acceptors (Lipinski definition) is 4. The van der Waals surface area contributed by atoms with Gasteiger partial charge >= 0.3 is 0 Å². The van der Waals surface area contributed by atoms with Crippen LogP contribution >= 0.6 is 11.8 Å². The topological polar surface area (TPSA) is 53.4 Å². The Morgan fingerprint density at radius 1 is 1.06 bits per heavy atom. The molecule has 0 saturated heterocycles.